The van der Waals surface area contributed by atoms with Crippen LogP contribution in [0.1, 0.15) is 50.7 Å². The van der Waals surface area contributed by atoms with Crippen molar-refractivity contribution in [2.45, 2.75) is 46.5 Å². The normalized spacial score (nSPS) is 25.3. The number of carbonyl (C=O) groups is 2. The van der Waals surface area contributed by atoms with Crippen LogP contribution in [0, 0.1) is 18.3 Å². The van der Waals surface area contributed by atoms with E-state index < -0.39 is 5.92 Å². The largest absolute Gasteiger partial charge is 0.468 e. The van der Waals surface area contributed by atoms with Crippen LogP contribution < -0.4 is 0 Å². The topological polar surface area (TPSA) is 55.7 Å². The van der Waals surface area contributed by atoms with Crippen LogP contribution in [0.25, 0.3) is 0 Å². The second-order valence-corrected chi connectivity index (χ2v) is 7.94. The molecule has 132 valence electrons. The summed E-state index contributed by atoms with van der Waals surface area (Å²) < 4.78 is 5.04. The van der Waals surface area contributed by atoms with Gasteiger partial charge in [0.15, 0.2) is 5.78 Å². The Morgan fingerprint density at radius 1 is 1.16 bits per heavy atom. The fourth-order valence-corrected chi connectivity index (χ4v) is 4.01. The fraction of sp³-hybridized carbons (Fsp3) is 0.476. The van der Waals surface area contributed by atoms with Crippen molar-refractivity contribution in [3.05, 3.63) is 46.7 Å². The van der Waals surface area contributed by atoms with Crippen LogP contribution in [-0.4, -0.2) is 24.6 Å². The number of methoxy groups -OCH3 is 1. The molecule has 0 fully saturated rings. The Morgan fingerprint density at radius 2 is 1.80 bits per heavy atom. The molecule has 0 unspecified atom stereocenters. The quantitative estimate of drug-likeness (QED) is 0.766. The Bertz CT molecular complexity index is 784. The van der Waals surface area contributed by atoms with Crippen molar-refractivity contribution < 1.29 is 14.3 Å². The van der Waals surface area contributed by atoms with Gasteiger partial charge in [-0.05, 0) is 31.2 Å². The molecular formula is C21H25NO3. The van der Waals surface area contributed by atoms with Crippen molar-refractivity contribution in [2.75, 3.05) is 7.11 Å². The molecule has 0 amide bonds. The summed E-state index contributed by atoms with van der Waals surface area (Å²) in [5.74, 6) is -1.10. The van der Waals surface area contributed by atoms with Gasteiger partial charge in [0.1, 0.15) is 5.92 Å². The standard InChI is InChI=1S/C21H25NO3/c1-12-6-8-14(9-7-12)18-17(20(24)25-5)13(2)22-15-10-21(3,4)11-16(23)19(15)18/h6-9,17-18H,10-11H2,1-5H3/t17-,18+/m1/s1. The van der Waals surface area contributed by atoms with E-state index in [0.717, 1.165) is 29.0 Å². The summed E-state index contributed by atoms with van der Waals surface area (Å²) in [6.45, 7) is 8.06. The van der Waals surface area contributed by atoms with Crippen LogP contribution in [-0.2, 0) is 14.3 Å². The van der Waals surface area contributed by atoms with Gasteiger partial charge in [0.2, 0.25) is 0 Å². The van der Waals surface area contributed by atoms with Crippen LogP contribution in [0.2, 0.25) is 0 Å². The molecule has 2 aliphatic rings. The first-order valence-corrected chi connectivity index (χ1v) is 8.69. The third-order valence-corrected chi connectivity index (χ3v) is 5.19. The number of allylic oxidation sites excluding steroid dienone is 2. The summed E-state index contributed by atoms with van der Waals surface area (Å²) in [6, 6.07) is 8.04. The molecule has 25 heavy (non-hydrogen) atoms. The van der Waals surface area contributed by atoms with E-state index in [4.69, 9.17) is 4.74 Å². The van der Waals surface area contributed by atoms with Crippen molar-refractivity contribution >= 4 is 17.5 Å². The number of rotatable bonds is 2. The molecule has 0 bridgehead atoms. The molecule has 1 aromatic carbocycles. The predicted octanol–water partition coefficient (Wildman–Crippen LogP) is 3.99. The van der Waals surface area contributed by atoms with Gasteiger partial charge in [-0.25, -0.2) is 0 Å². The van der Waals surface area contributed by atoms with Gasteiger partial charge in [0, 0.05) is 29.3 Å². The number of esters is 1. The van der Waals surface area contributed by atoms with Gasteiger partial charge in [-0.2, -0.15) is 0 Å². The maximum absolute atomic E-state index is 13.0. The Morgan fingerprint density at radius 3 is 2.40 bits per heavy atom. The maximum Gasteiger partial charge on any atom is 0.315 e. The van der Waals surface area contributed by atoms with Gasteiger partial charge in [-0.3, -0.25) is 14.6 Å². The van der Waals surface area contributed by atoms with E-state index in [1.165, 1.54) is 7.11 Å². The number of nitrogens with zero attached hydrogens (tertiary/aromatic N) is 1. The average molecular weight is 339 g/mol. The minimum Gasteiger partial charge on any atom is -0.468 e. The molecule has 1 aromatic rings. The highest BCUT2D eigenvalue weighted by molar-refractivity contribution is 6.09. The molecular weight excluding hydrogens is 314 g/mol. The summed E-state index contributed by atoms with van der Waals surface area (Å²) in [4.78, 5) is 30.1. The zero-order valence-corrected chi connectivity index (χ0v) is 15.6. The highest BCUT2D eigenvalue weighted by Gasteiger charge is 2.45. The fourth-order valence-electron chi connectivity index (χ4n) is 4.01. The minimum atomic E-state index is -0.545. The van der Waals surface area contributed by atoms with E-state index in [9.17, 15) is 9.59 Å². The Hall–Kier alpha value is -2.23. The molecule has 4 heteroatoms. The second kappa shape index (κ2) is 6.25. The Balaban J connectivity index is 2.18. The van der Waals surface area contributed by atoms with Crippen LogP contribution >= 0.6 is 0 Å². The van der Waals surface area contributed by atoms with Gasteiger partial charge < -0.3 is 4.74 Å². The predicted molar refractivity (Wildman–Crippen MR) is 97.6 cm³/mol. The van der Waals surface area contributed by atoms with Crippen molar-refractivity contribution in [3.63, 3.8) is 0 Å². The number of aliphatic imine (C=N–C) groups is 1. The average Bonchev–Trinajstić information content (AvgIpc) is 2.52. The summed E-state index contributed by atoms with van der Waals surface area (Å²) in [5, 5.41) is 0. The van der Waals surface area contributed by atoms with Crippen molar-refractivity contribution in [1.82, 2.24) is 0 Å². The van der Waals surface area contributed by atoms with Crippen LogP contribution in [0.4, 0.5) is 0 Å². The van der Waals surface area contributed by atoms with Crippen molar-refractivity contribution in [1.29, 1.82) is 0 Å². The number of benzene rings is 1. The third-order valence-electron chi connectivity index (χ3n) is 5.19. The van der Waals surface area contributed by atoms with Gasteiger partial charge in [0.05, 0.1) is 7.11 Å². The maximum atomic E-state index is 13.0. The van der Waals surface area contributed by atoms with Gasteiger partial charge in [0.25, 0.3) is 0 Å². The van der Waals surface area contributed by atoms with E-state index in [0.29, 0.717) is 12.0 Å². The number of aryl methyl sites for hydroxylation is 1. The van der Waals surface area contributed by atoms with E-state index in [-0.39, 0.29) is 23.1 Å². The SMILES string of the molecule is COC(=O)[C@@H]1C(C)=NC2=C(C(=O)CC(C)(C)C2)[C@H]1c1ccc(C)cc1. The number of hydrogen-bond donors (Lipinski definition) is 0. The molecule has 0 saturated heterocycles. The van der Waals surface area contributed by atoms with Gasteiger partial charge in [-0.1, -0.05) is 43.7 Å². The van der Waals surface area contributed by atoms with Gasteiger partial charge >= 0.3 is 5.97 Å². The molecule has 0 spiro atoms. The molecule has 1 aliphatic carbocycles. The summed E-state index contributed by atoms with van der Waals surface area (Å²) in [6.07, 6.45) is 1.23. The molecule has 1 heterocycles. The second-order valence-electron chi connectivity index (χ2n) is 7.94. The van der Waals surface area contributed by atoms with Crippen molar-refractivity contribution in [2.24, 2.45) is 16.3 Å². The summed E-state index contributed by atoms with van der Waals surface area (Å²) in [5.41, 5.74) is 4.27. The Labute approximate surface area is 149 Å². The number of ketones is 1. The lowest BCUT2D eigenvalue weighted by atomic mass is 9.67. The number of carbonyl (C=O) groups excluding carboxylic acids is 2. The van der Waals surface area contributed by atoms with Crippen molar-refractivity contribution in [3.8, 4) is 0 Å². The first-order chi connectivity index (χ1) is 11.7. The molecule has 3 rings (SSSR count). The molecule has 2 atom stereocenters. The molecule has 4 nitrogen and oxygen atoms in total. The molecule has 0 N–H and O–H groups in total. The molecule has 0 aromatic heterocycles. The number of ether oxygens (including phenoxy) is 1. The highest BCUT2D eigenvalue weighted by Crippen LogP contribution is 2.47. The zero-order chi connectivity index (χ0) is 18.4. The lowest BCUT2D eigenvalue weighted by Gasteiger charge is -2.38. The zero-order valence-electron chi connectivity index (χ0n) is 15.6. The third kappa shape index (κ3) is 3.17. The van der Waals surface area contributed by atoms with E-state index in [1.54, 1.807) is 0 Å². The van der Waals surface area contributed by atoms with E-state index >= 15 is 0 Å². The van der Waals surface area contributed by atoms with Crippen LogP contribution in [0.15, 0.2) is 40.5 Å². The summed E-state index contributed by atoms with van der Waals surface area (Å²) >= 11 is 0. The molecule has 0 radical (unpaired) electrons. The minimum absolute atomic E-state index is 0.0991. The Kier molecular flexibility index (Phi) is 4.40. The van der Waals surface area contributed by atoms with Gasteiger partial charge in [-0.15, -0.1) is 0 Å². The van der Waals surface area contributed by atoms with Crippen LogP contribution in [0.5, 0.6) is 0 Å². The van der Waals surface area contributed by atoms with Crippen LogP contribution in [0.3, 0.4) is 0 Å². The van der Waals surface area contributed by atoms with E-state index in [2.05, 4.69) is 18.8 Å². The first-order valence-electron chi connectivity index (χ1n) is 8.69. The number of hydrogen-bond acceptors (Lipinski definition) is 4. The molecule has 0 saturated carbocycles. The van der Waals surface area contributed by atoms with E-state index in [1.807, 2.05) is 38.1 Å². The lowest BCUT2D eigenvalue weighted by Crippen LogP contribution is -2.39. The number of Topliss-reactive ketones (excluding diaryl/α,β-unsaturated/α-hetero) is 1. The lowest BCUT2D eigenvalue weighted by molar-refractivity contribution is -0.143. The summed E-state index contributed by atoms with van der Waals surface area (Å²) in [7, 11) is 1.39. The molecule has 1 aliphatic heterocycles. The highest BCUT2D eigenvalue weighted by atomic mass is 16.5. The monoisotopic (exact) mass is 339 g/mol. The first kappa shape index (κ1) is 17.6. The smallest absolute Gasteiger partial charge is 0.315 e.